The maximum Gasteiger partial charge on any atom is 0.228 e. The molecule has 0 aromatic rings. The van der Waals surface area contributed by atoms with Crippen LogP contribution in [0.4, 0.5) is 0 Å². The first-order valence-corrected chi connectivity index (χ1v) is 7.40. The van der Waals surface area contributed by atoms with Gasteiger partial charge >= 0.3 is 0 Å². The summed E-state index contributed by atoms with van der Waals surface area (Å²) >= 11 is 0. The van der Waals surface area contributed by atoms with E-state index in [1.807, 2.05) is 13.8 Å². The van der Waals surface area contributed by atoms with Gasteiger partial charge in [0.25, 0.3) is 0 Å². The standard InChI is InChI=1S/C15H30N2O/c1-5-15(6-2)8-11-17(12-9-15)13(18)14(3,4)7-10-16/h5-12,16H2,1-4H3. The Morgan fingerprint density at radius 2 is 1.72 bits per heavy atom. The minimum Gasteiger partial charge on any atom is -0.342 e. The van der Waals surface area contributed by atoms with E-state index in [0.717, 1.165) is 32.4 Å². The molecule has 1 aliphatic heterocycles. The van der Waals surface area contributed by atoms with Crippen molar-refractivity contribution >= 4 is 5.91 Å². The molecule has 106 valence electrons. The average Bonchev–Trinajstić information content (AvgIpc) is 2.38. The highest BCUT2D eigenvalue weighted by Crippen LogP contribution is 2.39. The Bertz CT molecular complexity index is 272. The smallest absolute Gasteiger partial charge is 0.228 e. The predicted octanol–water partition coefficient (Wildman–Crippen LogP) is 2.79. The third-order valence-corrected chi connectivity index (χ3v) is 4.96. The Morgan fingerprint density at radius 3 is 2.11 bits per heavy atom. The van der Waals surface area contributed by atoms with E-state index >= 15 is 0 Å². The van der Waals surface area contributed by atoms with Crippen molar-refractivity contribution in [3.63, 3.8) is 0 Å². The molecule has 0 aromatic heterocycles. The molecule has 0 aliphatic carbocycles. The molecule has 3 nitrogen and oxygen atoms in total. The first kappa shape index (κ1) is 15.5. The van der Waals surface area contributed by atoms with Crippen molar-refractivity contribution in [2.24, 2.45) is 16.6 Å². The van der Waals surface area contributed by atoms with Crippen molar-refractivity contribution in [1.82, 2.24) is 4.90 Å². The Kier molecular flexibility index (Phi) is 5.20. The molecule has 0 atom stereocenters. The summed E-state index contributed by atoms with van der Waals surface area (Å²) in [5, 5.41) is 0. The van der Waals surface area contributed by atoms with Crippen LogP contribution in [-0.4, -0.2) is 30.4 Å². The maximum absolute atomic E-state index is 12.5. The van der Waals surface area contributed by atoms with Crippen LogP contribution in [0.15, 0.2) is 0 Å². The van der Waals surface area contributed by atoms with Crippen molar-refractivity contribution in [2.75, 3.05) is 19.6 Å². The van der Waals surface area contributed by atoms with Crippen molar-refractivity contribution < 1.29 is 4.79 Å². The van der Waals surface area contributed by atoms with Crippen LogP contribution in [0.5, 0.6) is 0 Å². The summed E-state index contributed by atoms with van der Waals surface area (Å²) in [5.41, 5.74) is 5.78. The van der Waals surface area contributed by atoms with Gasteiger partial charge in [0.1, 0.15) is 0 Å². The molecule has 18 heavy (non-hydrogen) atoms. The largest absolute Gasteiger partial charge is 0.342 e. The molecule has 2 N–H and O–H groups in total. The lowest BCUT2D eigenvalue weighted by molar-refractivity contribution is -0.143. The number of piperidine rings is 1. The monoisotopic (exact) mass is 254 g/mol. The van der Waals surface area contributed by atoms with Gasteiger partial charge in [0.2, 0.25) is 5.91 Å². The van der Waals surface area contributed by atoms with Crippen LogP contribution in [0, 0.1) is 10.8 Å². The van der Waals surface area contributed by atoms with E-state index in [1.165, 1.54) is 12.8 Å². The van der Waals surface area contributed by atoms with E-state index in [-0.39, 0.29) is 11.3 Å². The van der Waals surface area contributed by atoms with Gasteiger partial charge in [0, 0.05) is 18.5 Å². The summed E-state index contributed by atoms with van der Waals surface area (Å²) in [6, 6.07) is 0. The lowest BCUT2D eigenvalue weighted by Gasteiger charge is -2.43. The number of amides is 1. The third kappa shape index (κ3) is 3.25. The van der Waals surface area contributed by atoms with Gasteiger partial charge in [-0.05, 0) is 31.2 Å². The molecule has 1 fully saturated rings. The number of nitrogens with zero attached hydrogens (tertiary/aromatic N) is 1. The molecule has 0 aromatic carbocycles. The first-order valence-electron chi connectivity index (χ1n) is 7.40. The van der Waals surface area contributed by atoms with Gasteiger partial charge in [0.05, 0.1) is 0 Å². The molecular formula is C15H30N2O. The number of hydrogen-bond acceptors (Lipinski definition) is 2. The number of carbonyl (C=O) groups excluding carboxylic acids is 1. The molecule has 1 amide bonds. The molecule has 1 aliphatic rings. The SMILES string of the molecule is CCC1(CC)CCN(C(=O)C(C)(C)CCN)CC1. The Morgan fingerprint density at radius 1 is 1.22 bits per heavy atom. The first-order chi connectivity index (χ1) is 8.40. The van der Waals surface area contributed by atoms with Crippen LogP contribution >= 0.6 is 0 Å². The van der Waals surface area contributed by atoms with Gasteiger partial charge < -0.3 is 10.6 Å². The average molecular weight is 254 g/mol. The highest BCUT2D eigenvalue weighted by Gasteiger charge is 2.37. The molecule has 0 unspecified atom stereocenters. The minimum absolute atomic E-state index is 0.286. The predicted molar refractivity (Wildman–Crippen MR) is 76.3 cm³/mol. The van der Waals surface area contributed by atoms with E-state index < -0.39 is 0 Å². The van der Waals surface area contributed by atoms with Crippen LogP contribution in [0.3, 0.4) is 0 Å². The second kappa shape index (κ2) is 6.05. The second-order valence-electron chi connectivity index (χ2n) is 6.42. The highest BCUT2D eigenvalue weighted by molar-refractivity contribution is 5.82. The zero-order chi connectivity index (χ0) is 13.8. The van der Waals surface area contributed by atoms with Gasteiger partial charge in [0.15, 0.2) is 0 Å². The van der Waals surface area contributed by atoms with Crippen LogP contribution in [0.2, 0.25) is 0 Å². The Labute approximate surface area is 112 Å². The van der Waals surface area contributed by atoms with Gasteiger partial charge in [-0.2, -0.15) is 0 Å². The van der Waals surface area contributed by atoms with Crippen molar-refractivity contribution in [3.8, 4) is 0 Å². The van der Waals surface area contributed by atoms with E-state index in [2.05, 4.69) is 18.7 Å². The molecule has 0 radical (unpaired) electrons. The third-order valence-electron chi connectivity index (χ3n) is 4.96. The maximum atomic E-state index is 12.5. The number of likely N-dealkylation sites (tertiary alicyclic amines) is 1. The van der Waals surface area contributed by atoms with Crippen LogP contribution in [-0.2, 0) is 4.79 Å². The zero-order valence-electron chi connectivity index (χ0n) is 12.6. The molecule has 0 spiro atoms. The highest BCUT2D eigenvalue weighted by atomic mass is 16.2. The quantitative estimate of drug-likeness (QED) is 0.820. The van der Waals surface area contributed by atoms with E-state index in [4.69, 9.17) is 5.73 Å². The number of nitrogens with two attached hydrogens (primary N) is 1. The van der Waals surface area contributed by atoms with Gasteiger partial charge in [-0.15, -0.1) is 0 Å². The fraction of sp³-hybridized carbons (Fsp3) is 0.933. The minimum atomic E-state index is -0.298. The molecule has 0 bridgehead atoms. The summed E-state index contributed by atoms with van der Waals surface area (Å²) in [7, 11) is 0. The molecular weight excluding hydrogens is 224 g/mol. The number of rotatable bonds is 5. The van der Waals surface area contributed by atoms with E-state index in [0.29, 0.717) is 12.0 Å². The molecule has 1 heterocycles. The van der Waals surface area contributed by atoms with E-state index in [9.17, 15) is 4.79 Å². The van der Waals surface area contributed by atoms with Crippen LogP contribution < -0.4 is 5.73 Å². The summed E-state index contributed by atoms with van der Waals surface area (Å²) < 4.78 is 0. The van der Waals surface area contributed by atoms with Crippen LogP contribution in [0.1, 0.15) is 59.8 Å². The van der Waals surface area contributed by atoms with Crippen molar-refractivity contribution in [3.05, 3.63) is 0 Å². The Balaban J connectivity index is 2.60. The molecule has 1 rings (SSSR count). The van der Waals surface area contributed by atoms with E-state index in [1.54, 1.807) is 0 Å². The summed E-state index contributed by atoms with van der Waals surface area (Å²) in [5.74, 6) is 0.286. The topological polar surface area (TPSA) is 46.3 Å². The second-order valence-corrected chi connectivity index (χ2v) is 6.42. The lowest BCUT2D eigenvalue weighted by Crippen LogP contribution is -2.48. The summed E-state index contributed by atoms with van der Waals surface area (Å²) in [4.78, 5) is 14.5. The summed E-state index contributed by atoms with van der Waals surface area (Å²) in [6.07, 6.45) is 5.55. The van der Waals surface area contributed by atoms with Crippen molar-refractivity contribution in [1.29, 1.82) is 0 Å². The fourth-order valence-electron chi connectivity index (χ4n) is 3.04. The molecule has 3 heteroatoms. The molecule has 0 saturated carbocycles. The normalized spacial score (nSPS) is 19.9. The lowest BCUT2D eigenvalue weighted by atomic mass is 9.73. The molecule has 1 saturated heterocycles. The van der Waals surface area contributed by atoms with Gasteiger partial charge in [-0.25, -0.2) is 0 Å². The van der Waals surface area contributed by atoms with Gasteiger partial charge in [-0.3, -0.25) is 4.79 Å². The van der Waals surface area contributed by atoms with Crippen LogP contribution in [0.25, 0.3) is 0 Å². The summed E-state index contributed by atoms with van der Waals surface area (Å²) in [6.45, 7) is 11.0. The number of carbonyl (C=O) groups is 1. The van der Waals surface area contributed by atoms with Gasteiger partial charge in [-0.1, -0.05) is 40.5 Å². The Hall–Kier alpha value is -0.570. The number of hydrogen-bond donors (Lipinski definition) is 1. The fourth-order valence-corrected chi connectivity index (χ4v) is 3.04. The van der Waals surface area contributed by atoms with Crippen molar-refractivity contribution in [2.45, 2.75) is 59.8 Å². The zero-order valence-corrected chi connectivity index (χ0v) is 12.6.